The molecule has 114 valence electrons. The summed E-state index contributed by atoms with van der Waals surface area (Å²) in [4.78, 5) is 18.8. The number of benzene rings is 1. The van der Waals surface area contributed by atoms with Gasteiger partial charge in [0.1, 0.15) is 6.04 Å². The molecule has 1 aliphatic carbocycles. The SMILES string of the molecule is Cc1ccc(-c2noc(C3CCCN3C(=O)C3CC3)n2)cc1. The first-order valence-electron chi connectivity index (χ1n) is 7.93. The van der Waals surface area contributed by atoms with E-state index >= 15 is 0 Å². The highest BCUT2D eigenvalue weighted by Gasteiger charge is 2.40. The van der Waals surface area contributed by atoms with Crippen molar-refractivity contribution in [2.75, 3.05) is 6.54 Å². The number of amides is 1. The third kappa shape index (κ3) is 2.40. The average Bonchev–Trinajstić information content (AvgIpc) is 3.07. The summed E-state index contributed by atoms with van der Waals surface area (Å²) in [5.74, 6) is 1.67. The Morgan fingerprint density at radius 3 is 2.73 bits per heavy atom. The smallest absolute Gasteiger partial charge is 0.249 e. The first-order valence-corrected chi connectivity index (χ1v) is 7.93. The molecule has 0 N–H and O–H groups in total. The number of carbonyl (C=O) groups is 1. The van der Waals surface area contributed by atoms with Crippen molar-refractivity contribution in [2.24, 2.45) is 5.92 Å². The van der Waals surface area contributed by atoms with Crippen molar-refractivity contribution < 1.29 is 9.32 Å². The fourth-order valence-electron chi connectivity index (χ4n) is 3.04. The van der Waals surface area contributed by atoms with Crippen LogP contribution in [0.4, 0.5) is 0 Å². The highest BCUT2D eigenvalue weighted by atomic mass is 16.5. The van der Waals surface area contributed by atoms with Gasteiger partial charge in [-0.2, -0.15) is 4.98 Å². The van der Waals surface area contributed by atoms with E-state index in [4.69, 9.17) is 4.52 Å². The molecule has 4 rings (SSSR count). The maximum Gasteiger partial charge on any atom is 0.249 e. The largest absolute Gasteiger partial charge is 0.337 e. The van der Waals surface area contributed by atoms with Gasteiger partial charge in [-0.25, -0.2) is 0 Å². The maximum absolute atomic E-state index is 12.3. The van der Waals surface area contributed by atoms with E-state index in [1.807, 2.05) is 36.1 Å². The van der Waals surface area contributed by atoms with Gasteiger partial charge in [-0.15, -0.1) is 0 Å². The molecule has 2 heterocycles. The van der Waals surface area contributed by atoms with Crippen LogP contribution in [-0.4, -0.2) is 27.5 Å². The molecule has 5 nitrogen and oxygen atoms in total. The molecule has 0 radical (unpaired) electrons. The molecule has 1 saturated carbocycles. The summed E-state index contributed by atoms with van der Waals surface area (Å²) >= 11 is 0. The second kappa shape index (κ2) is 5.23. The van der Waals surface area contributed by atoms with Gasteiger partial charge in [0.25, 0.3) is 0 Å². The summed E-state index contributed by atoms with van der Waals surface area (Å²) in [6, 6.07) is 8.00. The molecule has 0 bridgehead atoms. The summed E-state index contributed by atoms with van der Waals surface area (Å²) in [5, 5.41) is 4.09. The number of hydrogen-bond donors (Lipinski definition) is 0. The molecule has 1 unspecified atom stereocenters. The number of rotatable bonds is 3. The molecular formula is C17H19N3O2. The van der Waals surface area contributed by atoms with Crippen molar-refractivity contribution in [3.05, 3.63) is 35.7 Å². The molecule has 1 aromatic heterocycles. The Morgan fingerprint density at radius 2 is 2.00 bits per heavy atom. The zero-order valence-corrected chi connectivity index (χ0v) is 12.7. The van der Waals surface area contributed by atoms with Crippen LogP contribution in [0.5, 0.6) is 0 Å². The van der Waals surface area contributed by atoms with Crippen LogP contribution in [-0.2, 0) is 4.79 Å². The predicted molar refractivity (Wildman–Crippen MR) is 80.9 cm³/mol. The van der Waals surface area contributed by atoms with Crippen molar-refractivity contribution in [1.29, 1.82) is 0 Å². The average molecular weight is 297 g/mol. The van der Waals surface area contributed by atoms with Crippen LogP contribution in [0.25, 0.3) is 11.4 Å². The lowest BCUT2D eigenvalue weighted by Gasteiger charge is -2.21. The molecule has 1 amide bonds. The van der Waals surface area contributed by atoms with Crippen molar-refractivity contribution in [2.45, 2.75) is 38.6 Å². The minimum Gasteiger partial charge on any atom is -0.337 e. The molecular weight excluding hydrogens is 278 g/mol. The van der Waals surface area contributed by atoms with Gasteiger partial charge < -0.3 is 9.42 Å². The van der Waals surface area contributed by atoms with E-state index in [1.54, 1.807) is 0 Å². The quantitative estimate of drug-likeness (QED) is 0.873. The first-order chi connectivity index (χ1) is 10.7. The Labute approximate surface area is 129 Å². The van der Waals surface area contributed by atoms with Gasteiger partial charge in [0.15, 0.2) is 0 Å². The maximum atomic E-state index is 12.3. The van der Waals surface area contributed by atoms with E-state index in [9.17, 15) is 4.79 Å². The van der Waals surface area contributed by atoms with Gasteiger partial charge in [0.2, 0.25) is 17.6 Å². The first kappa shape index (κ1) is 13.5. The number of hydrogen-bond acceptors (Lipinski definition) is 4. The van der Waals surface area contributed by atoms with E-state index in [2.05, 4.69) is 10.1 Å². The Morgan fingerprint density at radius 1 is 1.23 bits per heavy atom. The molecule has 2 fully saturated rings. The molecule has 1 aliphatic heterocycles. The Kier molecular flexibility index (Phi) is 3.21. The Bertz CT molecular complexity index is 688. The normalized spacial score (nSPS) is 21.3. The van der Waals surface area contributed by atoms with Crippen LogP contribution >= 0.6 is 0 Å². The van der Waals surface area contributed by atoms with Crippen molar-refractivity contribution in [1.82, 2.24) is 15.0 Å². The fourth-order valence-corrected chi connectivity index (χ4v) is 3.04. The summed E-state index contributed by atoms with van der Waals surface area (Å²) < 4.78 is 5.46. The van der Waals surface area contributed by atoms with Crippen LogP contribution in [0.2, 0.25) is 0 Å². The molecule has 1 saturated heterocycles. The summed E-state index contributed by atoms with van der Waals surface area (Å²) in [6.07, 6.45) is 3.97. The van der Waals surface area contributed by atoms with E-state index < -0.39 is 0 Å². The summed E-state index contributed by atoms with van der Waals surface area (Å²) in [7, 11) is 0. The molecule has 2 aliphatic rings. The minimum atomic E-state index is -0.0419. The van der Waals surface area contributed by atoms with Crippen LogP contribution in [0, 0.1) is 12.8 Å². The molecule has 1 aromatic carbocycles. The van der Waals surface area contributed by atoms with Crippen LogP contribution in [0.3, 0.4) is 0 Å². The number of carbonyl (C=O) groups excluding carboxylic acids is 1. The molecule has 0 spiro atoms. The zero-order valence-electron chi connectivity index (χ0n) is 12.7. The number of aromatic nitrogens is 2. The fraction of sp³-hybridized carbons (Fsp3) is 0.471. The topological polar surface area (TPSA) is 59.2 Å². The van der Waals surface area contributed by atoms with Gasteiger partial charge in [0.05, 0.1) is 0 Å². The van der Waals surface area contributed by atoms with Gasteiger partial charge >= 0.3 is 0 Å². The molecule has 5 heteroatoms. The van der Waals surface area contributed by atoms with Gasteiger partial charge in [0, 0.05) is 18.0 Å². The lowest BCUT2D eigenvalue weighted by Crippen LogP contribution is -2.31. The highest BCUT2D eigenvalue weighted by Crippen LogP contribution is 2.38. The lowest BCUT2D eigenvalue weighted by molar-refractivity contribution is -0.133. The standard InChI is InChI=1S/C17H19N3O2/c1-11-4-6-12(7-5-11)15-18-16(22-19-15)14-3-2-10-20(14)17(21)13-8-9-13/h4-7,13-14H,2-3,8-10H2,1H3. The second-order valence-corrected chi connectivity index (χ2v) is 6.29. The van der Waals surface area contributed by atoms with Crippen LogP contribution < -0.4 is 0 Å². The molecule has 22 heavy (non-hydrogen) atoms. The highest BCUT2D eigenvalue weighted by molar-refractivity contribution is 5.81. The molecule has 2 aromatic rings. The van der Waals surface area contributed by atoms with E-state index in [0.29, 0.717) is 11.7 Å². The van der Waals surface area contributed by atoms with E-state index in [-0.39, 0.29) is 17.9 Å². The molecule has 1 atom stereocenters. The lowest BCUT2D eigenvalue weighted by atomic mass is 10.1. The summed E-state index contributed by atoms with van der Waals surface area (Å²) in [5.41, 5.74) is 2.14. The van der Waals surface area contributed by atoms with Crippen molar-refractivity contribution in [3.8, 4) is 11.4 Å². The minimum absolute atomic E-state index is 0.0419. The van der Waals surface area contributed by atoms with E-state index in [0.717, 1.165) is 37.8 Å². The zero-order chi connectivity index (χ0) is 15.1. The van der Waals surface area contributed by atoms with Crippen LogP contribution in [0.1, 0.15) is 43.2 Å². The number of likely N-dealkylation sites (tertiary alicyclic amines) is 1. The third-order valence-electron chi connectivity index (χ3n) is 4.50. The van der Waals surface area contributed by atoms with Crippen molar-refractivity contribution in [3.63, 3.8) is 0 Å². The second-order valence-electron chi connectivity index (χ2n) is 6.29. The third-order valence-corrected chi connectivity index (χ3v) is 4.50. The monoisotopic (exact) mass is 297 g/mol. The van der Waals surface area contributed by atoms with Crippen LogP contribution in [0.15, 0.2) is 28.8 Å². The van der Waals surface area contributed by atoms with Gasteiger partial charge in [-0.1, -0.05) is 35.0 Å². The van der Waals surface area contributed by atoms with Crippen molar-refractivity contribution >= 4 is 5.91 Å². The number of nitrogens with zero attached hydrogens (tertiary/aromatic N) is 3. The number of aryl methyl sites for hydroxylation is 1. The van der Waals surface area contributed by atoms with Gasteiger partial charge in [-0.05, 0) is 32.6 Å². The Balaban J connectivity index is 1.57. The van der Waals surface area contributed by atoms with Gasteiger partial charge in [-0.3, -0.25) is 4.79 Å². The Hall–Kier alpha value is -2.17. The summed E-state index contributed by atoms with van der Waals surface area (Å²) in [6.45, 7) is 2.85. The predicted octanol–water partition coefficient (Wildman–Crippen LogP) is 3.12. The van der Waals surface area contributed by atoms with E-state index in [1.165, 1.54) is 5.56 Å².